The van der Waals surface area contributed by atoms with Crippen LogP contribution in [0.5, 0.6) is 5.75 Å². The molecule has 2 aliphatic heterocycles. The van der Waals surface area contributed by atoms with E-state index in [4.69, 9.17) is 26.4 Å². The highest BCUT2D eigenvalue weighted by atomic mass is 35.5. The van der Waals surface area contributed by atoms with Crippen LogP contribution in [0.15, 0.2) is 30.8 Å². The Balaban J connectivity index is 1.55. The van der Waals surface area contributed by atoms with Crippen LogP contribution in [0.2, 0.25) is 5.02 Å². The van der Waals surface area contributed by atoms with Crippen molar-refractivity contribution in [3.05, 3.63) is 52.7 Å². The van der Waals surface area contributed by atoms with E-state index < -0.39 is 0 Å². The molecule has 2 fully saturated rings. The number of aromatic nitrogens is 3. The van der Waals surface area contributed by atoms with E-state index in [1.54, 1.807) is 12.1 Å². The standard InChI is InChI=1S/C30H39ClN6O2/c1-6-12-34(5)30-21(3)29(35-18-20(2)19-35)32-28-17-25(33-37(28)30)26-9-7-8-13-36(26)22(4)24-16-23(31)10-11-27(24)39-15-14-38/h10-11,14,16-17,20,26H,4,6-9,12-13,15,18-19H2,1-3,5H3. The second-order valence-electron chi connectivity index (χ2n) is 10.9. The topological polar surface area (TPSA) is 66.2 Å². The number of hydrogen-bond acceptors (Lipinski definition) is 7. The van der Waals surface area contributed by atoms with E-state index in [0.29, 0.717) is 16.7 Å². The van der Waals surface area contributed by atoms with E-state index >= 15 is 0 Å². The van der Waals surface area contributed by atoms with Crippen molar-refractivity contribution in [1.29, 1.82) is 0 Å². The molecule has 9 heteroatoms. The maximum absolute atomic E-state index is 11.0. The number of aldehydes is 1. The van der Waals surface area contributed by atoms with E-state index in [1.807, 2.05) is 10.6 Å². The Morgan fingerprint density at radius 2 is 2.08 bits per heavy atom. The number of carbonyl (C=O) groups is 1. The molecule has 39 heavy (non-hydrogen) atoms. The molecule has 0 radical (unpaired) electrons. The molecule has 1 atom stereocenters. The van der Waals surface area contributed by atoms with E-state index in [9.17, 15) is 4.79 Å². The third-order valence-corrected chi connectivity index (χ3v) is 8.07. The number of anilines is 2. The molecule has 0 bridgehead atoms. The Kier molecular flexibility index (Phi) is 8.03. The highest BCUT2D eigenvalue weighted by molar-refractivity contribution is 6.30. The molecule has 0 N–H and O–H groups in total. The first kappa shape index (κ1) is 27.3. The summed E-state index contributed by atoms with van der Waals surface area (Å²) in [6.45, 7) is 15.0. The Bertz CT molecular complexity index is 1370. The number of carbonyl (C=O) groups excluding carboxylic acids is 1. The molecule has 2 saturated heterocycles. The molecule has 2 aliphatic rings. The SMILES string of the molecule is C=C(c1cc(Cl)ccc1OCC=O)N1CCCCC1c1cc2nc(N3CC(C)C3)c(C)c(N(C)CCC)n2n1. The minimum Gasteiger partial charge on any atom is -0.485 e. The number of benzene rings is 1. The first-order chi connectivity index (χ1) is 18.8. The van der Waals surface area contributed by atoms with Crippen LogP contribution >= 0.6 is 11.6 Å². The molecule has 4 heterocycles. The lowest BCUT2D eigenvalue weighted by atomic mass is 9.97. The van der Waals surface area contributed by atoms with Gasteiger partial charge in [0.15, 0.2) is 11.9 Å². The number of hydrogen-bond donors (Lipinski definition) is 0. The molecule has 0 saturated carbocycles. The van der Waals surface area contributed by atoms with Crippen LogP contribution in [-0.4, -0.2) is 65.6 Å². The van der Waals surface area contributed by atoms with Crippen molar-refractivity contribution in [3.63, 3.8) is 0 Å². The average molecular weight is 551 g/mol. The molecular weight excluding hydrogens is 512 g/mol. The summed E-state index contributed by atoms with van der Waals surface area (Å²) in [6.07, 6.45) is 4.93. The zero-order valence-corrected chi connectivity index (χ0v) is 24.2. The van der Waals surface area contributed by atoms with Gasteiger partial charge in [0.05, 0.1) is 11.7 Å². The minimum atomic E-state index is -0.0189. The molecule has 0 amide bonds. The first-order valence-corrected chi connectivity index (χ1v) is 14.4. The lowest BCUT2D eigenvalue weighted by molar-refractivity contribution is -0.109. The van der Waals surface area contributed by atoms with Gasteiger partial charge in [0.1, 0.15) is 24.0 Å². The molecule has 1 aromatic carbocycles. The van der Waals surface area contributed by atoms with Crippen molar-refractivity contribution < 1.29 is 9.53 Å². The fourth-order valence-electron chi connectivity index (χ4n) is 6.00. The zero-order chi connectivity index (χ0) is 27.7. The summed E-state index contributed by atoms with van der Waals surface area (Å²) < 4.78 is 7.75. The summed E-state index contributed by atoms with van der Waals surface area (Å²) >= 11 is 6.38. The van der Waals surface area contributed by atoms with Crippen molar-refractivity contribution in [2.45, 2.75) is 52.5 Å². The van der Waals surface area contributed by atoms with Crippen molar-refractivity contribution in [2.75, 3.05) is 49.6 Å². The second-order valence-corrected chi connectivity index (χ2v) is 11.4. The van der Waals surface area contributed by atoms with Gasteiger partial charge in [-0.15, -0.1) is 0 Å². The van der Waals surface area contributed by atoms with Gasteiger partial charge >= 0.3 is 0 Å². The van der Waals surface area contributed by atoms with E-state index in [0.717, 1.165) is 92.4 Å². The largest absolute Gasteiger partial charge is 0.485 e. The van der Waals surface area contributed by atoms with Gasteiger partial charge in [-0.05, 0) is 56.7 Å². The predicted octanol–water partition coefficient (Wildman–Crippen LogP) is 5.77. The number of likely N-dealkylation sites (tertiary alicyclic amines) is 1. The van der Waals surface area contributed by atoms with Crippen LogP contribution in [0.4, 0.5) is 11.6 Å². The maximum Gasteiger partial charge on any atom is 0.160 e. The third-order valence-electron chi connectivity index (χ3n) is 7.84. The smallest absolute Gasteiger partial charge is 0.160 e. The molecule has 0 spiro atoms. The van der Waals surface area contributed by atoms with Crippen LogP contribution in [0.3, 0.4) is 0 Å². The molecule has 5 rings (SSSR count). The monoisotopic (exact) mass is 550 g/mol. The number of piperidine rings is 1. The van der Waals surface area contributed by atoms with Gasteiger partial charge in [0.2, 0.25) is 0 Å². The number of halogens is 1. The summed E-state index contributed by atoms with van der Waals surface area (Å²) in [4.78, 5) is 23.1. The minimum absolute atomic E-state index is 0.0189. The first-order valence-electron chi connectivity index (χ1n) is 14.0. The van der Waals surface area contributed by atoms with Crippen LogP contribution in [0.25, 0.3) is 11.3 Å². The molecule has 3 aromatic rings. The van der Waals surface area contributed by atoms with Crippen molar-refractivity contribution in [3.8, 4) is 5.75 Å². The number of ether oxygens (including phenoxy) is 1. The molecule has 0 aliphatic carbocycles. The Morgan fingerprint density at radius 1 is 1.28 bits per heavy atom. The lowest BCUT2D eigenvalue weighted by Crippen LogP contribution is -2.46. The van der Waals surface area contributed by atoms with Crippen LogP contribution in [-0.2, 0) is 4.79 Å². The lowest BCUT2D eigenvalue weighted by Gasteiger charge is -2.39. The molecular formula is C30H39ClN6O2. The number of nitrogens with zero attached hydrogens (tertiary/aromatic N) is 6. The Morgan fingerprint density at radius 3 is 2.79 bits per heavy atom. The van der Waals surface area contributed by atoms with Gasteiger partial charge < -0.3 is 19.4 Å². The van der Waals surface area contributed by atoms with Crippen molar-refractivity contribution in [1.82, 2.24) is 19.5 Å². The van der Waals surface area contributed by atoms with Gasteiger partial charge in [-0.1, -0.05) is 32.0 Å². The maximum atomic E-state index is 11.0. The summed E-state index contributed by atoms with van der Waals surface area (Å²) in [5, 5.41) is 5.78. The van der Waals surface area contributed by atoms with Crippen LogP contribution in [0.1, 0.15) is 62.4 Å². The van der Waals surface area contributed by atoms with Gasteiger partial charge in [0, 0.05) is 61.1 Å². The van der Waals surface area contributed by atoms with Crippen molar-refractivity contribution in [2.24, 2.45) is 5.92 Å². The zero-order valence-electron chi connectivity index (χ0n) is 23.5. The molecule has 8 nitrogen and oxygen atoms in total. The normalized spacial score (nSPS) is 17.8. The summed E-state index contributed by atoms with van der Waals surface area (Å²) in [5.41, 5.74) is 4.65. The van der Waals surface area contributed by atoms with Gasteiger partial charge in [-0.25, -0.2) is 4.98 Å². The molecule has 208 valence electrons. The highest BCUT2D eigenvalue weighted by Crippen LogP contribution is 2.40. The van der Waals surface area contributed by atoms with Gasteiger partial charge in [-0.3, -0.25) is 4.79 Å². The summed E-state index contributed by atoms with van der Waals surface area (Å²) in [7, 11) is 2.14. The van der Waals surface area contributed by atoms with E-state index in [-0.39, 0.29) is 12.6 Å². The highest BCUT2D eigenvalue weighted by Gasteiger charge is 2.32. The average Bonchev–Trinajstić information content (AvgIpc) is 3.33. The fourth-order valence-corrected chi connectivity index (χ4v) is 6.17. The van der Waals surface area contributed by atoms with E-state index in [1.165, 1.54) is 5.56 Å². The molecule has 1 unspecified atom stereocenters. The second kappa shape index (κ2) is 11.5. The summed E-state index contributed by atoms with van der Waals surface area (Å²) in [6, 6.07) is 7.63. The van der Waals surface area contributed by atoms with E-state index in [2.05, 4.69) is 55.2 Å². The fraction of sp³-hybridized carbons (Fsp3) is 0.500. The number of fused-ring (bicyclic) bond motifs is 1. The molecule has 2 aromatic heterocycles. The predicted molar refractivity (Wildman–Crippen MR) is 158 cm³/mol. The van der Waals surface area contributed by atoms with Gasteiger partial charge in [-0.2, -0.15) is 9.61 Å². The van der Waals surface area contributed by atoms with Gasteiger partial charge in [0.25, 0.3) is 0 Å². The van der Waals surface area contributed by atoms with Crippen molar-refractivity contribution >= 4 is 40.9 Å². The van der Waals surface area contributed by atoms with Crippen LogP contribution < -0.4 is 14.5 Å². The third kappa shape index (κ3) is 5.31. The van der Waals surface area contributed by atoms with Crippen LogP contribution in [0, 0.1) is 12.8 Å². The quantitative estimate of drug-likeness (QED) is 0.297. The summed E-state index contributed by atoms with van der Waals surface area (Å²) in [5.74, 6) is 3.45. The Labute approximate surface area is 236 Å². The Hall–Kier alpha value is -3.26. The number of rotatable bonds is 10.